The van der Waals surface area contributed by atoms with E-state index in [1.165, 1.54) is 17.1 Å². The van der Waals surface area contributed by atoms with Crippen LogP contribution in [0.15, 0.2) is 57.3 Å². The maximum Gasteiger partial charge on any atom is 0.263 e. The zero-order valence-electron chi connectivity index (χ0n) is 18.7. The van der Waals surface area contributed by atoms with E-state index >= 15 is 0 Å². The summed E-state index contributed by atoms with van der Waals surface area (Å²) in [5, 5.41) is 13.3. The molecule has 0 bridgehead atoms. The van der Waals surface area contributed by atoms with Crippen molar-refractivity contribution in [3.63, 3.8) is 0 Å². The Kier molecular flexibility index (Phi) is 5.31. The SMILES string of the molecule is Cc1ccc(N2C(=O)[C@H]3N=NN(Cc4nc(-c5ccc(OC(C)C)cc5)no4)[C@H]3C2=O)cc1F. The van der Waals surface area contributed by atoms with Gasteiger partial charge in [0.05, 0.1) is 11.8 Å². The van der Waals surface area contributed by atoms with Gasteiger partial charge in [-0.25, -0.2) is 9.29 Å². The van der Waals surface area contributed by atoms with Gasteiger partial charge in [-0.1, -0.05) is 16.4 Å². The maximum absolute atomic E-state index is 14.0. The summed E-state index contributed by atoms with van der Waals surface area (Å²) in [6, 6.07) is 9.50. The first kappa shape index (κ1) is 21.7. The van der Waals surface area contributed by atoms with Gasteiger partial charge in [-0.15, -0.1) is 0 Å². The van der Waals surface area contributed by atoms with Crippen LogP contribution in [0.2, 0.25) is 0 Å². The van der Waals surface area contributed by atoms with Gasteiger partial charge in [-0.05, 0) is 62.7 Å². The number of rotatable bonds is 6. The smallest absolute Gasteiger partial charge is 0.263 e. The summed E-state index contributed by atoms with van der Waals surface area (Å²) in [5.41, 5.74) is 1.30. The number of fused-ring (bicyclic) bond motifs is 1. The summed E-state index contributed by atoms with van der Waals surface area (Å²) in [4.78, 5) is 31.2. The summed E-state index contributed by atoms with van der Waals surface area (Å²) >= 11 is 0. The van der Waals surface area contributed by atoms with Crippen molar-refractivity contribution in [3.8, 4) is 17.1 Å². The van der Waals surface area contributed by atoms with Gasteiger partial charge in [-0.2, -0.15) is 10.1 Å². The van der Waals surface area contributed by atoms with Gasteiger partial charge >= 0.3 is 0 Å². The van der Waals surface area contributed by atoms with Crippen LogP contribution in [-0.4, -0.2) is 45.2 Å². The lowest BCUT2D eigenvalue weighted by atomic mass is 10.1. The topological polar surface area (TPSA) is 113 Å². The second kappa shape index (κ2) is 8.32. The van der Waals surface area contributed by atoms with E-state index < -0.39 is 29.7 Å². The van der Waals surface area contributed by atoms with Crippen LogP contribution in [0.3, 0.4) is 0 Å². The Morgan fingerprint density at radius 2 is 1.88 bits per heavy atom. The molecular weight excluding hydrogens is 443 g/mol. The van der Waals surface area contributed by atoms with Crippen molar-refractivity contribution in [3.05, 3.63) is 59.7 Å². The molecule has 0 spiro atoms. The minimum Gasteiger partial charge on any atom is -0.491 e. The van der Waals surface area contributed by atoms with E-state index in [1.807, 2.05) is 38.1 Å². The van der Waals surface area contributed by atoms with Crippen LogP contribution in [0.5, 0.6) is 5.75 Å². The summed E-state index contributed by atoms with van der Waals surface area (Å²) in [5.74, 6) is -0.297. The van der Waals surface area contributed by atoms with Crippen LogP contribution in [0.25, 0.3) is 11.4 Å². The molecule has 1 aromatic heterocycles. The number of aryl methyl sites for hydroxylation is 1. The van der Waals surface area contributed by atoms with Crippen molar-refractivity contribution < 1.29 is 23.2 Å². The molecule has 0 saturated carbocycles. The van der Waals surface area contributed by atoms with Gasteiger partial charge in [0.15, 0.2) is 12.1 Å². The second-order valence-corrected chi connectivity index (χ2v) is 8.34. The van der Waals surface area contributed by atoms with Crippen LogP contribution >= 0.6 is 0 Å². The number of amides is 2. The number of hydrogen-bond donors (Lipinski definition) is 0. The van der Waals surface area contributed by atoms with E-state index in [1.54, 1.807) is 6.92 Å². The first-order chi connectivity index (χ1) is 16.3. The molecule has 3 heterocycles. The van der Waals surface area contributed by atoms with Gasteiger partial charge in [0, 0.05) is 5.56 Å². The zero-order valence-corrected chi connectivity index (χ0v) is 18.7. The quantitative estimate of drug-likeness (QED) is 0.513. The Hall–Kier alpha value is -4.15. The Morgan fingerprint density at radius 3 is 2.59 bits per heavy atom. The Morgan fingerprint density at radius 1 is 1.12 bits per heavy atom. The molecule has 2 atom stereocenters. The molecular formula is C23H21FN6O4. The van der Waals surface area contributed by atoms with E-state index in [9.17, 15) is 14.0 Å². The van der Waals surface area contributed by atoms with E-state index in [0.717, 1.165) is 22.3 Å². The van der Waals surface area contributed by atoms with Crippen molar-refractivity contribution >= 4 is 17.5 Å². The standard InChI is InChI=1S/C23H21FN6O4/c1-12(2)33-16-8-5-14(6-9-16)21-25-18(34-27-21)11-29-20-19(26-28-29)22(31)30(23(20)32)15-7-4-13(3)17(24)10-15/h4-10,12,19-20H,11H2,1-3H3/t19-,20+/m0/s1. The minimum atomic E-state index is -1.01. The average Bonchev–Trinajstić information content (AvgIpc) is 3.49. The number of ether oxygens (including phenoxy) is 1. The lowest BCUT2D eigenvalue weighted by molar-refractivity contribution is -0.123. The molecule has 11 heteroatoms. The first-order valence-electron chi connectivity index (χ1n) is 10.7. The highest BCUT2D eigenvalue weighted by Crippen LogP contribution is 2.33. The Labute approximate surface area is 194 Å². The van der Waals surface area contributed by atoms with E-state index in [-0.39, 0.29) is 24.2 Å². The molecule has 0 N–H and O–H groups in total. The predicted octanol–water partition coefficient (Wildman–Crippen LogP) is 3.46. The Balaban J connectivity index is 1.31. The second-order valence-electron chi connectivity index (χ2n) is 8.34. The molecule has 2 amide bonds. The van der Waals surface area contributed by atoms with Crippen molar-refractivity contribution in [1.82, 2.24) is 15.1 Å². The number of carbonyl (C=O) groups is 2. The van der Waals surface area contributed by atoms with Crippen LogP contribution in [-0.2, 0) is 16.1 Å². The molecule has 1 saturated heterocycles. The monoisotopic (exact) mass is 464 g/mol. The van der Waals surface area contributed by atoms with Crippen molar-refractivity contribution in [2.75, 3.05) is 4.90 Å². The molecule has 0 aliphatic carbocycles. The Bertz CT molecular complexity index is 1290. The summed E-state index contributed by atoms with van der Waals surface area (Å²) in [7, 11) is 0. The minimum absolute atomic E-state index is 0.0126. The van der Waals surface area contributed by atoms with Crippen molar-refractivity contribution in [2.45, 2.75) is 45.5 Å². The predicted molar refractivity (Wildman–Crippen MR) is 117 cm³/mol. The first-order valence-corrected chi connectivity index (χ1v) is 10.7. The number of aromatic nitrogens is 2. The number of carbonyl (C=O) groups excluding carboxylic acids is 2. The number of benzene rings is 2. The molecule has 2 aliphatic heterocycles. The maximum atomic E-state index is 14.0. The van der Waals surface area contributed by atoms with Crippen LogP contribution < -0.4 is 9.64 Å². The molecule has 5 rings (SSSR count). The summed E-state index contributed by atoms with van der Waals surface area (Å²) in [6.45, 7) is 5.48. The molecule has 3 aromatic rings. The van der Waals surface area contributed by atoms with Gasteiger partial charge in [0.2, 0.25) is 11.7 Å². The fraction of sp³-hybridized carbons (Fsp3) is 0.304. The highest BCUT2D eigenvalue weighted by atomic mass is 19.1. The average molecular weight is 464 g/mol. The fourth-order valence-electron chi connectivity index (χ4n) is 3.86. The highest BCUT2D eigenvalue weighted by Gasteiger charge is 2.55. The van der Waals surface area contributed by atoms with Crippen LogP contribution in [0, 0.1) is 12.7 Å². The largest absolute Gasteiger partial charge is 0.491 e. The summed E-state index contributed by atoms with van der Waals surface area (Å²) < 4.78 is 25.0. The lowest BCUT2D eigenvalue weighted by Crippen LogP contribution is -2.39. The van der Waals surface area contributed by atoms with E-state index in [2.05, 4.69) is 20.5 Å². The van der Waals surface area contributed by atoms with E-state index in [4.69, 9.17) is 9.26 Å². The lowest BCUT2D eigenvalue weighted by Gasteiger charge is -2.19. The van der Waals surface area contributed by atoms with E-state index in [0.29, 0.717) is 11.4 Å². The van der Waals surface area contributed by atoms with Gasteiger partial charge in [-0.3, -0.25) is 14.6 Å². The molecule has 10 nitrogen and oxygen atoms in total. The van der Waals surface area contributed by atoms with Crippen LogP contribution in [0.1, 0.15) is 25.3 Å². The van der Waals surface area contributed by atoms with Crippen LogP contribution in [0.4, 0.5) is 10.1 Å². The number of hydrogen-bond acceptors (Lipinski definition) is 9. The number of halogens is 1. The number of anilines is 1. The number of nitrogens with zero attached hydrogens (tertiary/aromatic N) is 6. The summed E-state index contributed by atoms with van der Waals surface area (Å²) in [6.07, 6.45) is 0.0622. The third-order valence-electron chi connectivity index (χ3n) is 5.52. The van der Waals surface area contributed by atoms with Gasteiger partial charge < -0.3 is 9.26 Å². The number of imide groups is 1. The molecule has 2 aromatic carbocycles. The molecule has 1 fully saturated rings. The van der Waals surface area contributed by atoms with Crippen molar-refractivity contribution in [2.24, 2.45) is 10.3 Å². The third kappa shape index (κ3) is 3.78. The molecule has 0 radical (unpaired) electrons. The highest BCUT2D eigenvalue weighted by molar-refractivity contribution is 6.25. The normalized spacial score (nSPS) is 19.4. The van der Waals surface area contributed by atoms with Crippen molar-refractivity contribution in [1.29, 1.82) is 0 Å². The van der Waals surface area contributed by atoms with Gasteiger partial charge in [0.25, 0.3) is 11.8 Å². The molecule has 174 valence electrons. The molecule has 0 unspecified atom stereocenters. The molecule has 2 aliphatic rings. The van der Waals surface area contributed by atoms with Gasteiger partial charge in [0.1, 0.15) is 18.1 Å². The zero-order chi connectivity index (χ0) is 24.0. The fourth-order valence-corrected chi connectivity index (χ4v) is 3.86. The molecule has 34 heavy (non-hydrogen) atoms. The third-order valence-corrected chi connectivity index (χ3v) is 5.52.